The fourth-order valence-corrected chi connectivity index (χ4v) is 6.70. The second-order valence-corrected chi connectivity index (χ2v) is 10.1. The molecule has 1 heterocycles. The molecule has 0 radical (unpaired) electrons. The summed E-state index contributed by atoms with van der Waals surface area (Å²) >= 11 is 1.62. The Labute approximate surface area is 176 Å². The second kappa shape index (κ2) is 8.13. The van der Waals surface area contributed by atoms with Crippen LogP contribution in [0.4, 0.5) is 5.69 Å². The molecule has 1 unspecified atom stereocenters. The highest BCUT2D eigenvalue weighted by molar-refractivity contribution is 8.02. The maximum atomic E-state index is 13.5. The van der Waals surface area contributed by atoms with E-state index in [2.05, 4.69) is 0 Å². The molecule has 0 amide bonds. The van der Waals surface area contributed by atoms with Crippen LogP contribution < -0.4 is 9.04 Å². The fraction of sp³-hybridized carbons (Fsp3) is 0.217. The molecule has 1 aliphatic heterocycles. The van der Waals surface area contributed by atoms with Gasteiger partial charge in [-0.25, -0.2) is 8.42 Å². The number of hydrogen-bond acceptors (Lipinski definition) is 4. The zero-order chi connectivity index (χ0) is 20.4. The maximum absolute atomic E-state index is 13.5. The van der Waals surface area contributed by atoms with E-state index in [0.29, 0.717) is 4.90 Å². The van der Waals surface area contributed by atoms with Crippen molar-refractivity contribution in [1.29, 1.82) is 0 Å². The number of benzene rings is 3. The first-order valence-electron chi connectivity index (χ1n) is 9.49. The number of rotatable bonds is 6. The zero-order valence-electron chi connectivity index (χ0n) is 16.4. The highest BCUT2D eigenvalue weighted by atomic mass is 32.2. The lowest BCUT2D eigenvalue weighted by molar-refractivity contribution is 0.414. The van der Waals surface area contributed by atoms with Crippen molar-refractivity contribution in [1.82, 2.24) is 0 Å². The Morgan fingerprint density at radius 1 is 0.966 bits per heavy atom. The molecular formula is C23H23NO3S2. The number of para-hydroxylation sites is 1. The number of aryl methyl sites for hydroxylation is 2. The zero-order valence-corrected chi connectivity index (χ0v) is 18.0. The summed E-state index contributed by atoms with van der Waals surface area (Å²) in [5, 5.41) is -0.180. The van der Waals surface area contributed by atoms with E-state index in [1.54, 1.807) is 35.3 Å². The van der Waals surface area contributed by atoms with Crippen LogP contribution in [0.25, 0.3) is 0 Å². The fourth-order valence-electron chi connectivity index (χ4n) is 3.46. The molecule has 4 rings (SSSR count). The number of nitrogens with zero attached hydrogens (tertiary/aromatic N) is 1. The van der Waals surface area contributed by atoms with Crippen molar-refractivity contribution in [3.05, 3.63) is 83.9 Å². The van der Waals surface area contributed by atoms with Crippen molar-refractivity contribution in [3.63, 3.8) is 0 Å². The predicted molar refractivity (Wildman–Crippen MR) is 118 cm³/mol. The van der Waals surface area contributed by atoms with Crippen LogP contribution in [0.3, 0.4) is 0 Å². The summed E-state index contributed by atoms with van der Waals surface area (Å²) in [5.74, 6) is 0.819. The molecule has 0 aliphatic carbocycles. The summed E-state index contributed by atoms with van der Waals surface area (Å²) in [6.45, 7) is 1.95. The van der Waals surface area contributed by atoms with Gasteiger partial charge in [0.05, 0.1) is 23.1 Å². The number of methoxy groups -OCH3 is 1. The third-order valence-corrected chi connectivity index (χ3v) is 8.33. The van der Waals surface area contributed by atoms with Crippen molar-refractivity contribution >= 4 is 27.5 Å². The number of fused-ring (bicyclic) bond motifs is 1. The highest BCUT2D eigenvalue weighted by Gasteiger charge is 2.38. The highest BCUT2D eigenvalue weighted by Crippen LogP contribution is 2.47. The van der Waals surface area contributed by atoms with Crippen LogP contribution in [0.1, 0.15) is 17.5 Å². The summed E-state index contributed by atoms with van der Waals surface area (Å²) in [5.41, 5.74) is 2.96. The molecule has 0 saturated heterocycles. The van der Waals surface area contributed by atoms with E-state index in [-0.39, 0.29) is 5.37 Å². The van der Waals surface area contributed by atoms with Gasteiger partial charge in [-0.3, -0.25) is 4.31 Å². The number of thioether (sulfide) groups is 1. The Hall–Kier alpha value is -2.44. The minimum absolute atomic E-state index is 0.180. The van der Waals surface area contributed by atoms with Crippen LogP contribution in [-0.2, 0) is 16.4 Å². The molecule has 150 valence electrons. The molecule has 0 bridgehead atoms. The Kier molecular flexibility index (Phi) is 5.56. The molecule has 0 aromatic heterocycles. The molecule has 29 heavy (non-hydrogen) atoms. The van der Waals surface area contributed by atoms with E-state index in [9.17, 15) is 8.42 Å². The van der Waals surface area contributed by atoms with Gasteiger partial charge in [-0.05, 0) is 61.7 Å². The number of sulfonamides is 1. The Bertz CT molecular complexity index is 1090. The van der Waals surface area contributed by atoms with Crippen molar-refractivity contribution in [2.45, 2.75) is 34.9 Å². The van der Waals surface area contributed by atoms with Crippen LogP contribution in [0, 0.1) is 6.92 Å². The van der Waals surface area contributed by atoms with Gasteiger partial charge in [-0.15, -0.1) is 0 Å². The van der Waals surface area contributed by atoms with Gasteiger partial charge in [-0.2, -0.15) is 0 Å². The molecular weight excluding hydrogens is 402 g/mol. The van der Waals surface area contributed by atoms with E-state index < -0.39 is 10.0 Å². The largest absolute Gasteiger partial charge is 0.497 e. The lowest BCUT2D eigenvalue weighted by atomic mass is 10.1. The quantitative estimate of drug-likeness (QED) is 0.540. The van der Waals surface area contributed by atoms with Crippen molar-refractivity contribution in [2.75, 3.05) is 11.4 Å². The van der Waals surface area contributed by atoms with Gasteiger partial charge in [0, 0.05) is 4.90 Å². The smallest absolute Gasteiger partial charge is 0.265 e. The molecule has 3 aromatic carbocycles. The first-order valence-corrected chi connectivity index (χ1v) is 11.8. The van der Waals surface area contributed by atoms with E-state index in [1.165, 1.54) is 0 Å². The minimum Gasteiger partial charge on any atom is -0.497 e. The summed E-state index contributed by atoms with van der Waals surface area (Å²) in [4.78, 5) is 1.33. The molecule has 6 heteroatoms. The third-order valence-electron chi connectivity index (χ3n) is 5.04. The van der Waals surface area contributed by atoms with Crippen LogP contribution in [0.15, 0.2) is 82.6 Å². The molecule has 0 saturated carbocycles. The maximum Gasteiger partial charge on any atom is 0.265 e. The summed E-state index contributed by atoms with van der Waals surface area (Å²) < 4.78 is 33.8. The van der Waals surface area contributed by atoms with E-state index >= 15 is 0 Å². The van der Waals surface area contributed by atoms with Crippen LogP contribution in [-0.4, -0.2) is 20.9 Å². The SMILES string of the molecule is COc1ccc(CCC2Sc3ccccc3N2S(=O)(=O)c2ccc(C)cc2)cc1. The van der Waals surface area contributed by atoms with E-state index in [0.717, 1.165) is 40.3 Å². The van der Waals surface area contributed by atoms with Crippen molar-refractivity contribution < 1.29 is 13.2 Å². The topological polar surface area (TPSA) is 46.6 Å². The molecule has 0 N–H and O–H groups in total. The Morgan fingerprint density at radius 3 is 2.34 bits per heavy atom. The van der Waals surface area contributed by atoms with Gasteiger partial charge in [-0.1, -0.05) is 53.7 Å². The summed E-state index contributed by atoms with van der Waals surface area (Å²) in [6.07, 6.45) is 1.51. The average molecular weight is 426 g/mol. The Morgan fingerprint density at radius 2 is 1.66 bits per heavy atom. The predicted octanol–water partition coefficient (Wildman–Crippen LogP) is 5.26. The lowest BCUT2D eigenvalue weighted by Crippen LogP contribution is -2.36. The molecule has 3 aromatic rings. The van der Waals surface area contributed by atoms with Crippen molar-refractivity contribution in [2.24, 2.45) is 0 Å². The minimum atomic E-state index is -3.64. The summed E-state index contributed by atoms with van der Waals surface area (Å²) in [7, 11) is -1.99. The number of hydrogen-bond donors (Lipinski definition) is 0. The van der Waals surface area contributed by atoms with Gasteiger partial charge in [0.1, 0.15) is 5.75 Å². The van der Waals surface area contributed by atoms with Gasteiger partial charge < -0.3 is 4.74 Å². The molecule has 1 atom stereocenters. The first-order chi connectivity index (χ1) is 14.0. The molecule has 4 nitrogen and oxygen atoms in total. The van der Waals surface area contributed by atoms with Gasteiger partial charge in [0.2, 0.25) is 0 Å². The average Bonchev–Trinajstić information content (AvgIpc) is 3.12. The monoisotopic (exact) mass is 425 g/mol. The molecule has 0 fully saturated rings. The second-order valence-electron chi connectivity index (χ2n) is 7.04. The van der Waals surface area contributed by atoms with Crippen LogP contribution in [0.2, 0.25) is 0 Å². The van der Waals surface area contributed by atoms with Gasteiger partial charge >= 0.3 is 0 Å². The number of ether oxygens (including phenoxy) is 1. The van der Waals surface area contributed by atoms with E-state index in [1.807, 2.05) is 67.6 Å². The van der Waals surface area contributed by atoms with E-state index in [4.69, 9.17) is 4.74 Å². The third kappa shape index (κ3) is 4.00. The van der Waals surface area contributed by atoms with Crippen LogP contribution in [0.5, 0.6) is 5.75 Å². The lowest BCUT2D eigenvalue weighted by Gasteiger charge is -2.26. The van der Waals surface area contributed by atoms with Crippen molar-refractivity contribution in [3.8, 4) is 5.75 Å². The van der Waals surface area contributed by atoms with Crippen LogP contribution >= 0.6 is 11.8 Å². The number of anilines is 1. The normalized spacial score (nSPS) is 15.9. The summed E-state index contributed by atoms with van der Waals surface area (Å²) in [6, 6.07) is 22.7. The van der Waals surface area contributed by atoms with Gasteiger partial charge in [0.15, 0.2) is 0 Å². The first kappa shape index (κ1) is 19.9. The standard InChI is InChI=1S/C23H23NO3S2/c1-17-7-14-20(15-8-17)29(25,26)24-21-5-3-4-6-22(21)28-23(24)16-11-18-9-12-19(27-2)13-10-18/h3-10,12-15,23H,11,16H2,1-2H3. The Balaban J connectivity index is 1.63. The molecule has 0 spiro atoms. The van der Waals surface area contributed by atoms with Gasteiger partial charge in [0.25, 0.3) is 10.0 Å². The molecule has 1 aliphatic rings.